The second-order valence-corrected chi connectivity index (χ2v) is 8.09. The fourth-order valence-electron chi connectivity index (χ4n) is 4.11. The lowest BCUT2D eigenvalue weighted by Gasteiger charge is -2.44. The molecular formula is C17H33N3O10. The third kappa shape index (κ3) is 4.78. The molecule has 3 aliphatic rings. The summed E-state index contributed by atoms with van der Waals surface area (Å²) in [4.78, 5) is 0. The Balaban J connectivity index is 1.67. The van der Waals surface area contributed by atoms with Crippen LogP contribution in [0.15, 0.2) is 0 Å². The first-order valence-corrected chi connectivity index (χ1v) is 10.0. The monoisotopic (exact) mass is 439 g/mol. The van der Waals surface area contributed by atoms with Crippen LogP contribution in [0.1, 0.15) is 12.8 Å². The first-order valence-electron chi connectivity index (χ1n) is 10.0. The summed E-state index contributed by atoms with van der Waals surface area (Å²) in [5.41, 5.74) is 17.2. The van der Waals surface area contributed by atoms with E-state index in [0.717, 1.165) is 0 Å². The third-order valence-corrected chi connectivity index (χ3v) is 5.95. The molecule has 0 bridgehead atoms. The predicted octanol–water partition coefficient (Wildman–Crippen LogP) is -5.59. The van der Waals surface area contributed by atoms with Crippen molar-refractivity contribution in [2.45, 2.75) is 92.4 Å². The summed E-state index contributed by atoms with van der Waals surface area (Å²) in [5, 5.41) is 60.3. The van der Waals surface area contributed by atoms with Gasteiger partial charge < -0.3 is 66.8 Å². The zero-order chi connectivity index (χ0) is 22.2. The highest BCUT2D eigenvalue weighted by atomic mass is 16.7. The van der Waals surface area contributed by atoms with Crippen molar-refractivity contribution in [3.63, 3.8) is 0 Å². The predicted molar refractivity (Wildman–Crippen MR) is 98.4 cm³/mol. The minimum Gasteiger partial charge on any atom is -0.394 e. The molecule has 1 aliphatic carbocycles. The Hall–Kier alpha value is -0.520. The van der Waals surface area contributed by atoms with Gasteiger partial charge in [0.05, 0.1) is 18.8 Å². The highest BCUT2D eigenvalue weighted by Crippen LogP contribution is 2.31. The Labute approximate surface area is 173 Å². The van der Waals surface area contributed by atoms with E-state index in [1.807, 2.05) is 0 Å². The van der Waals surface area contributed by atoms with Crippen molar-refractivity contribution in [3.05, 3.63) is 0 Å². The first kappa shape index (κ1) is 24.1. The van der Waals surface area contributed by atoms with Gasteiger partial charge in [-0.05, 0) is 6.42 Å². The van der Waals surface area contributed by atoms with Gasteiger partial charge in [0.25, 0.3) is 0 Å². The molecule has 0 spiro atoms. The van der Waals surface area contributed by atoms with Crippen molar-refractivity contribution in [2.24, 2.45) is 17.2 Å². The summed E-state index contributed by atoms with van der Waals surface area (Å²) in [6, 6.07) is -1.38. The van der Waals surface area contributed by atoms with E-state index in [2.05, 4.69) is 0 Å². The van der Waals surface area contributed by atoms with Gasteiger partial charge in [-0.1, -0.05) is 0 Å². The zero-order valence-electron chi connectivity index (χ0n) is 16.4. The van der Waals surface area contributed by atoms with Crippen LogP contribution in [0.25, 0.3) is 0 Å². The van der Waals surface area contributed by atoms with Crippen LogP contribution in [-0.4, -0.2) is 123 Å². The maximum absolute atomic E-state index is 10.4. The van der Waals surface area contributed by atoms with Gasteiger partial charge in [-0.25, -0.2) is 0 Å². The lowest BCUT2D eigenvalue weighted by molar-refractivity contribution is -0.309. The van der Waals surface area contributed by atoms with Gasteiger partial charge in [0.1, 0.15) is 42.7 Å². The largest absolute Gasteiger partial charge is 0.394 e. The van der Waals surface area contributed by atoms with Gasteiger partial charge in [-0.15, -0.1) is 0 Å². The molecule has 2 heterocycles. The number of hydrogen-bond acceptors (Lipinski definition) is 13. The average Bonchev–Trinajstić information content (AvgIpc) is 2.99. The molecule has 13 nitrogen and oxygen atoms in total. The SMILES string of the molecule is NC[C@H]1O[C@@H](OC2C[C@@H](O[C@@H]3C(N)C[C@@H](N)C(O)[C@H]3O)OC(CO)[C@H]2O)C(O)C1O. The van der Waals surface area contributed by atoms with E-state index in [9.17, 15) is 30.6 Å². The first-order chi connectivity index (χ1) is 14.2. The van der Waals surface area contributed by atoms with E-state index in [-0.39, 0.29) is 19.4 Å². The topological polar surface area (TPSA) is 236 Å². The van der Waals surface area contributed by atoms with Crippen LogP contribution in [0.4, 0.5) is 0 Å². The summed E-state index contributed by atoms with van der Waals surface area (Å²) < 4.78 is 22.3. The van der Waals surface area contributed by atoms with E-state index < -0.39 is 86.2 Å². The molecule has 0 aromatic carbocycles. The standard InChI is InChI=1S/C17H33N3O10/c18-3-8-13(24)15(26)17(29-8)28-7-2-10(27-9(4-21)12(7)23)30-16-6(20)1-5(19)11(22)14(16)25/h5-17,21-26H,1-4,18-20H2/t5-,6?,7?,8-,9?,10-,11?,12+,13?,14-,15?,16-,17-/m1/s1. The summed E-state index contributed by atoms with van der Waals surface area (Å²) >= 11 is 0. The minimum atomic E-state index is -1.38. The van der Waals surface area contributed by atoms with Crippen LogP contribution >= 0.6 is 0 Å². The molecule has 176 valence electrons. The maximum Gasteiger partial charge on any atom is 0.187 e. The van der Waals surface area contributed by atoms with Crippen molar-refractivity contribution >= 4 is 0 Å². The second-order valence-electron chi connectivity index (χ2n) is 8.09. The Kier molecular flexibility index (Phi) is 8.01. The van der Waals surface area contributed by atoms with Gasteiger partial charge in [0, 0.05) is 25.0 Å². The Bertz CT molecular complexity index is 562. The second kappa shape index (κ2) is 9.95. The normalized spacial score (nSPS) is 52.5. The Morgan fingerprint density at radius 3 is 2.07 bits per heavy atom. The maximum atomic E-state index is 10.4. The Morgan fingerprint density at radius 1 is 0.767 bits per heavy atom. The molecule has 3 fully saturated rings. The third-order valence-electron chi connectivity index (χ3n) is 5.95. The molecule has 12 N–H and O–H groups in total. The molecule has 0 aromatic rings. The van der Waals surface area contributed by atoms with Crippen molar-refractivity contribution in [3.8, 4) is 0 Å². The average molecular weight is 439 g/mol. The molecule has 13 heteroatoms. The van der Waals surface area contributed by atoms with Crippen LogP contribution in [0.5, 0.6) is 0 Å². The highest BCUT2D eigenvalue weighted by Gasteiger charge is 2.49. The number of hydrogen-bond donors (Lipinski definition) is 9. The lowest BCUT2D eigenvalue weighted by Crippen LogP contribution is -2.63. The fraction of sp³-hybridized carbons (Fsp3) is 1.00. The van der Waals surface area contributed by atoms with Crippen LogP contribution in [-0.2, 0) is 18.9 Å². The number of aliphatic hydroxyl groups is 6. The summed E-state index contributed by atoms with van der Waals surface area (Å²) in [6.45, 7) is -0.600. The van der Waals surface area contributed by atoms with Gasteiger partial charge >= 0.3 is 0 Å². The molecule has 2 aliphatic heterocycles. The molecule has 0 aromatic heterocycles. The van der Waals surface area contributed by atoms with Crippen molar-refractivity contribution < 1.29 is 49.6 Å². The van der Waals surface area contributed by atoms with Gasteiger partial charge in [-0.3, -0.25) is 0 Å². The Morgan fingerprint density at radius 2 is 1.47 bits per heavy atom. The minimum absolute atomic E-state index is 0.0403. The lowest BCUT2D eigenvalue weighted by atomic mass is 9.84. The molecule has 6 unspecified atom stereocenters. The van der Waals surface area contributed by atoms with Crippen LogP contribution in [0.3, 0.4) is 0 Å². The van der Waals surface area contributed by atoms with Gasteiger partial charge in [0.2, 0.25) is 0 Å². The molecule has 0 radical (unpaired) electrons. The van der Waals surface area contributed by atoms with Gasteiger partial charge in [-0.2, -0.15) is 0 Å². The molecule has 30 heavy (non-hydrogen) atoms. The molecule has 13 atom stereocenters. The van der Waals surface area contributed by atoms with Gasteiger partial charge in [0.15, 0.2) is 12.6 Å². The van der Waals surface area contributed by atoms with Crippen molar-refractivity contribution in [1.82, 2.24) is 0 Å². The highest BCUT2D eigenvalue weighted by molar-refractivity contribution is 4.98. The molecular weight excluding hydrogens is 406 g/mol. The number of nitrogens with two attached hydrogens (primary N) is 3. The van der Waals surface area contributed by atoms with E-state index in [1.165, 1.54) is 0 Å². The molecule has 0 amide bonds. The van der Waals surface area contributed by atoms with Crippen LogP contribution in [0.2, 0.25) is 0 Å². The quantitative estimate of drug-likeness (QED) is 0.188. The number of ether oxygens (including phenoxy) is 4. The molecule has 1 saturated carbocycles. The molecule has 3 rings (SSSR count). The zero-order valence-corrected chi connectivity index (χ0v) is 16.4. The smallest absolute Gasteiger partial charge is 0.187 e. The fourth-order valence-corrected chi connectivity index (χ4v) is 4.11. The van der Waals surface area contributed by atoms with Crippen LogP contribution in [0, 0.1) is 0 Å². The van der Waals surface area contributed by atoms with Crippen molar-refractivity contribution in [2.75, 3.05) is 13.2 Å². The number of aliphatic hydroxyl groups excluding tert-OH is 6. The number of rotatable bonds is 6. The molecule has 2 saturated heterocycles. The van der Waals surface area contributed by atoms with E-state index in [0.29, 0.717) is 0 Å². The van der Waals surface area contributed by atoms with E-state index in [1.54, 1.807) is 0 Å². The van der Waals surface area contributed by atoms with Crippen molar-refractivity contribution in [1.29, 1.82) is 0 Å². The van der Waals surface area contributed by atoms with E-state index in [4.69, 9.17) is 36.1 Å². The van der Waals surface area contributed by atoms with Crippen LogP contribution < -0.4 is 17.2 Å². The summed E-state index contributed by atoms with van der Waals surface area (Å²) in [6.07, 6.45) is -12.6. The summed E-state index contributed by atoms with van der Waals surface area (Å²) in [5.74, 6) is 0. The summed E-state index contributed by atoms with van der Waals surface area (Å²) in [7, 11) is 0. The van der Waals surface area contributed by atoms with E-state index >= 15 is 0 Å².